The van der Waals surface area contributed by atoms with Crippen LogP contribution in [0.15, 0.2) is 28.7 Å². The van der Waals surface area contributed by atoms with Crippen molar-refractivity contribution in [1.29, 1.82) is 0 Å². The van der Waals surface area contributed by atoms with Gasteiger partial charge in [0.25, 0.3) is 9.68 Å². The molecule has 0 fully saturated rings. The standard InChI is InChI=1S/C12H9Cl3N2O/c1-8-2-4-9(5-3-8)6-7-10-16-17-11(18-10)12(13,14)15/h2-7H,1H3. The number of aryl methyl sites for hydroxylation is 1. The molecule has 0 amide bonds. The summed E-state index contributed by atoms with van der Waals surface area (Å²) in [6.45, 7) is 2.03. The maximum atomic E-state index is 5.62. The van der Waals surface area contributed by atoms with Crippen molar-refractivity contribution in [3.05, 3.63) is 47.2 Å². The summed E-state index contributed by atoms with van der Waals surface area (Å²) in [5.74, 6) is 0.243. The van der Waals surface area contributed by atoms with E-state index in [1.165, 1.54) is 5.56 Å². The summed E-state index contributed by atoms with van der Waals surface area (Å²) in [4.78, 5) is 0. The molecule has 2 aromatic rings. The minimum Gasteiger partial charge on any atom is -0.417 e. The fourth-order valence-corrected chi connectivity index (χ4v) is 1.49. The number of hydrogen-bond acceptors (Lipinski definition) is 3. The van der Waals surface area contributed by atoms with Crippen LogP contribution in [0.25, 0.3) is 12.2 Å². The Morgan fingerprint density at radius 2 is 1.72 bits per heavy atom. The minimum absolute atomic E-state index is 0.0453. The molecule has 0 N–H and O–H groups in total. The molecule has 6 heteroatoms. The van der Waals surface area contributed by atoms with E-state index in [9.17, 15) is 0 Å². The third-order valence-corrected chi connectivity index (χ3v) is 2.66. The van der Waals surface area contributed by atoms with Crippen molar-refractivity contribution >= 4 is 47.0 Å². The molecule has 0 radical (unpaired) electrons. The second-order valence-electron chi connectivity index (χ2n) is 3.69. The predicted molar refractivity (Wildman–Crippen MR) is 73.6 cm³/mol. The van der Waals surface area contributed by atoms with Crippen LogP contribution in [0.4, 0.5) is 0 Å². The van der Waals surface area contributed by atoms with Crippen molar-refractivity contribution < 1.29 is 4.42 Å². The van der Waals surface area contributed by atoms with Gasteiger partial charge in [-0.25, -0.2) is 0 Å². The summed E-state index contributed by atoms with van der Waals surface area (Å²) in [6.07, 6.45) is 3.51. The Bertz CT molecular complexity index is 555. The lowest BCUT2D eigenvalue weighted by Gasteiger charge is -2.01. The molecule has 2 rings (SSSR count). The van der Waals surface area contributed by atoms with E-state index in [1.807, 2.05) is 37.3 Å². The highest BCUT2D eigenvalue weighted by molar-refractivity contribution is 6.66. The summed E-state index contributed by atoms with van der Waals surface area (Å²) in [5, 5.41) is 7.41. The van der Waals surface area contributed by atoms with Gasteiger partial charge in [-0.15, -0.1) is 10.2 Å². The van der Waals surface area contributed by atoms with Gasteiger partial charge in [-0.1, -0.05) is 64.6 Å². The first-order chi connectivity index (χ1) is 8.45. The minimum atomic E-state index is -1.69. The Balaban J connectivity index is 2.14. The fraction of sp³-hybridized carbons (Fsp3) is 0.167. The molecular formula is C12H9Cl3N2O. The molecular weight excluding hydrogens is 295 g/mol. The lowest BCUT2D eigenvalue weighted by molar-refractivity contribution is 0.493. The van der Waals surface area contributed by atoms with E-state index in [0.29, 0.717) is 0 Å². The Labute approximate surface area is 119 Å². The lowest BCUT2D eigenvalue weighted by atomic mass is 10.1. The maximum absolute atomic E-state index is 5.62. The van der Waals surface area contributed by atoms with Crippen LogP contribution in [-0.2, 0) is 3.79 Å². The van der Waals surface area contributed by atoms with Crippen molar-refractivity contribution in [3.63, 3.8) is 0 Å². The average molecular weight is 304 g/mol. The summed E-state index contributed by atoms with van der Waals surface area (Å²) >= 11 is 16.9. The number of alkyl halides is 3. The molecule has 0 spiro atoms. The summed E-state index contributed by atoms with van der Waals surface area (Å²) in [6, 6.07) is 8.00. The number of nitrogens with zero attached hydrogens (tertiary/aromatic N) is 2. The molecule has 18 heavy (non-hydrogen) atoms. The largest absolute Gasteiger partial charge is 0.417 e. The highest BCUT2D eigenvalue weighted by Gasteiger charge is 2.29. The Morgan fingerprint density at radius 3 is 2.28 bits per heavy atom. The van der Waals surface area contributed by atoms with Gasteiger partial charge in [0.2, 0.25) is 5.89 Å². The van der Waals surface area contributed by atoms with Crippen molar-refractivity contribution in [2.75, 3.05) is 0 Å². The van der Waals surface area contributed by atoms with Gasteiger partial charge in [-0.2, -0.15) is 0 Å². The lowest BCUT2D eigenvalue weighted by Crippen LogP contribution is -1.99. The highest BCUT2D eigenvalue weighted by Crippen LogP contribution is 2.37. The van der Waals surface area contributed by atoms with Crippen LogP contribution in [0.1, 0.15) is 22.9 Å². The van der Waals surface area contributed by atoms with Crippen LogP contribution in [0.5, 0.6) is 0 Å². The summed E-state index contributed by atoms with van der Waals surface area (Å²) in [5.41, 5.74) is 2.22. The Kier molecular flexibility index (Phi) is 3.95. The maximum Gasteiger partial charge on any atom is 0.268 e. The molecule has 0 aliphatic carbocycles. The second-order valence-corrected chi connectivity index (χ2v) is 5.97. The van der Waals surface area contributed by atoms with Gasteiger partial charge < -0.3 is 4.42 Å². The molecule has 0 unspecified atom stereocenters. The predicted octanol–water partition coefficient (Wildman–Crippen LogP) is 4.38. The van der Waals surface area contributed by atoms with Crippen LogP contribution in [0, 0.1) is 6.92 Å². The van der Waals surface area contributed by atoms with E-state index in [4.69, 9.17) is 39.2 Å². The molecule has 0 saturated carbocycles. The highest BCUT2D eigenvalue weighted by atomic mass is 35.6. The first kappa shape index (κ1) is 13.4. The zero-order chi connectivity index (χ0) is 13.2. The smallest absolute Gasteiger partial charge is 0.268 e. The van der Waals surface area contributed by atoms with Gasteiger partial charge in [-0.3, -0.25) is 0 Å². The zero-order valence-electron chi connectivity index (χ0n) is 9.40. The van der Waals surface area contributed by atoms with E-state index in [2.05, 4.69) is 10.2 Å². The fourth-order valence-electron chi connectivity index (χ4n) is 1.26. The molecule has 0 saturated heterocycles. The molecule has 1 aromatic carbocycles. The first-order valence-corrected chi connectivity index (χ1v) is 6.24. The SMILES string of the molecule is Cc1ccc(C=Cc2nnc(C(Cl)(Cl)Cl)o2)cc1. The van der Waals surface area contributed by atoms with Crippen LogP contribution in [0.3, 0.4) is 0 Å². The van der Waals surface area contributed by atoms with Gasteiger partial charge in [0, 0.05) is 6.08 Å². The third kappa shape index (κ3) is 3.48. The van der Waals surface area contributed by atoms with Gasteiger partial charge in [0.1, 0.15) is 0 Å². The average Bonchev–Trinajstić information content (AvgIpc) is 2.77. The van der Waals surface area contributed by atoms with Crippen molar-refractivity contribution in [3.8, 4) is 0 Å². The number of rotatable bonds is 2. The van der Waals surface area contributed by atoms with Gasteiger partial charge in [0.05, 0.1) is 0 Å². The molecule has 1 heterocycles. The van der Waals surface area contributed by atoms with Crippen LogP contribution in [-0.4, -0.2) is 10.2 Å². The monoisotopic (exact) mass is 302 g/mol. The van der Waals surface area contributed by atoms with Gasteiger partial charge in [-0.05, 0) is 18.6 Å². The Hall–Kier alpha value is -1.03. The number of benzene rings is 1. The molecule has 1 aromatic heterocycles. The number of hydrogen-bond donors (Lipinski definition) is 0. The Morgan fingerprint density at radius 1 is 1.06 bits per heavy atom. The second kappa shape index (κ2) is 5.31. The summed E-state index contributed by atoms with van der Waals surface area (Å²) < 4.78 is 3.50. The third-order valence-electron chi connectivity index (χ3n) is 2.18. The van der Waals surface area contributed by atoms with Crippen molar-refractivity contribution in [1.82, 2.24) is 10.2 Å². The number of aromatic nitrogens is 2. The van der Waals surface area contributed by atoms with Gasteiger partial charge >= 0.3 is 0 Å². The zero-order valence-corrected chi connectivity index (χ0v) is 11.7. The topological polar surface area (TPSA) is 38.9 Å². The van der Waals surface area contributed by atoms with E-state index in [1.54, 1.807) is 6.08 Å². The van der Waals surface area contributed by atoms with Gasteiger partial charge in [0.15, 0.2) is 0 Å². The van der Waals surface area contributed by atoms with Crippen molar-refractivity contribution in [2.24, 2.45) is 0 Å². The van der Waals surface area contributed by atoms with Crippen molar-refractivity contribution in [2.45, 2.75) is 10.7 Å². The summed E-state index contributed by atoms with van der Waals surface area (Å²) in [7, 11) is 0. The van der Waals surface area contributed by atoms with E-state index >= 15 is 0 Å². The molecule has 0 aliphatic heterocycles. The van der Waals surface area contributed by atoms with E-state index in [0.717, 1.165) is 5.56 Å². The first-order valence-electron chi connectivity index (χ1n) is 5.10. The quantitative estimate of drug-likeness (QED) is 0.773. The van der Waals surface area contributed by atoms with Crippen LogP contribution < -0.4 is 0 Å². The van der Waals surface area contributed by atoms with Crippen LogP contribution >= 0.6 is 34.8 Å². The van der Waals surface area contributed by atoms with E-state index in [-0.39, 0.29) is 11.8 Å². The number of halogens is 3. The molecule has 3 nitrogen and oxygen atoms in total. The van der Waals surface area contributed by atoms with Crippen LogP contribution in [0.2, 0.25) is 0 Å². The molecule has 0 bridgehead atoms. The molecule has 0 atom stereocenters. The molecule has 94 valence electrons. The van der Waals surface area contributed by atoms with E-state index < -0.39 is 3.79 Å². The molecule has 0 aliphatic rings. The normalized spacial score (nSPS) is 12.2.